The van der Waals surface area contributed by atoms with Crippen LogP contribution in [-0.2, 0) is 11.2 Å². The summed E-state index contributed by atoms with van der Waals surface area (Å²) in [5, 5.41) is 0. The van der Waals surface area contributed by atoms with Gasteiger partial charge in [0.15, 0.2) is 17.4 Å². The second kappa shape index (κ2) is 8.34. The summed E-state index contributed by atoms with van der Waals surface area (Å²) in [7, 11) is 0. The molecule has 0 aliphatic rings. The molecule has 10 heteroatoms. The Morgan fingerprint density at radius 2 is 1.67 bits per heavy atom. The molecule has 1 aromatic carbocycles. The number of anilines is 3. The lowest BCUT2D eigenvalue weighted by molar-refractivity contribution is -0.119. The molecule has 0 fully saturated rings. The fourth-order valence-electron chi connectivity index (χ4n) is 2.13. The third-order valence-corrected chi connectivity index (χ3v) is 3.45. The van der Waals surface area contributed by atoms with Crippen molar-refractivity contribution in [1.29, 1.82) is 0 Å². The van der Waals surface area contributed by atoms with Gasteiger partial charge < -0.3 is 10.2 Å². The number of carbonyl (C=O) groups is 2. The predicted molar refractivity (Wildman–Crippen MR) is 98.2 cm³/mol. The maximum Gasteiger partial charge on any atom is 0.305 e. The van der Waals surface area contributed by atoms with Crippen LogP contribution in [0, 0.1) is 0 Å². The van der Waals surface area contributed by atoms with E-state index in [2.05, 4.69) is 31.7 Å². The van der Waals surface area contributed by atoms with E-state index in [0.717, 1.165) is 5.56 Å². The smallest absolute Gasteiger partial charge is 0.305 e. The van der Waals surface area contributed by atoms with Gasteiger partial charge in [-0.15, -0.1) is 0 Å². The zero-order valence-electron chi connectivity index (χ0n) is 14.1. The van der Waals surface area contributed by atoms with Gasteiger partial charge in [0.25, 0.3) is 0 Å². The second-order valence-corrected chi connectivity index (χ2v) is 5.38. The molecule has 2 aromatic heterocycles. The number of benzene rings is 1. The molecule has 2 heterocycles. The predicted octanol–water partition coefficient (Wildman–Crippen LogP) is 1.09. The van der Waals surface area contributed by atoms with E-state index in [-0.39, 0.29) is 35.4 Å². The third kappa shape index (κ3) is 4.72. The average Bonchev–Trinajstić information content (AvgIpc) is 3.22. The minimum Gasteiger partial charge on any atom is -0.459 e. The number of carbonyl (C=O) groups excluding carboxylic acids is 2. The minimum absolute atomic E-state index is 0.109. The molecule has 2 amide bonds. The first-order chi connectivity index (χ1) is 13.1. The summed E-state index contributed by atoms with van der Waals surface area (Å²) in [6.45, 7) is 0. The van der Waals surface area contributed by atoms with E-state index in [1.54, 1.807) is 6.07 Å². The Hall–Kier alpha value is -4.08. The van der Waals surface area contributed by atoms with Crippen molar-refractivity contribution < 1.29 is 14.0 Å². The topological polar surface area (TPSA) is 147 Å². The standard InChI is InChI=1S/C17H17N7O3/c18-14-15(22-21-13(25)9-11-5-2-1-3-6-11)19-10-20-16(14)23-24-17(26)12-7-4-8-27-12/h1-8,10H,9,18H2,(H,21,25)(H,24,26)(H2,19,20,22,23). The van der Waals surface area contributed by atoms with Gasteiger partial charge in [-0.1, -0.05) is 30.3 Å². The Morgan fingerprint density at radius 3 is 2.33 bits per heavy atom. The number of nitrogens with two attached hydrogens (primary N) is 1. The zero-order valence-corrected chi connectivity index (χ0v) is 14.1. The van der Waals surface area contributed by atoms with E-state index in [4.69, 9.17) is 10.2 Å². The number of rotatable bonds is 7. The molecule has 3 rings (SSSR count). The van der Waals surface area contributed by atoms with E-state index in [1.807, 2.05) is 30.3 Å². The summed E-state index contributed by atoms with van der Waals surface area (Å²) < 4.78 is 4.98. The Kier molecular flexibility index (Phi) is 5.48. The normalized spacial score (nSPS) is 10.1. The first-order valence-corrected chi connectivity index (χ1v) is 7.92. The molecule has 0 unspecified atom stereocenters. The van der Waals surface area contributed by atoms with Crippen LogP contribution in [0.5, 0.6) is 0 Å². The highest BCUT2D eigenvalue weighted by atomic mass is 16.3. The maximum absolute atomic E-state index is 12.0. The number of amides is 2. The van der Waals surface area contributed by atoms with Gasteiger partial charge in [0.2, 0.25) is 5.91 Å². The minimum atomic E-state index is -0.497. The van der Waals surface area contributed by atoms with Crippen LogP contribution in [0.2, 0.25) is 0 Å². The first-order valence-electron chi connectivity index (χ1n) is 7.92. The lowest BCUT2D eigenvalue weighted by Crippen LogP contribution is -2.32. The lowest BCUT2D eigenvalue weighted by atomic mass is 10.1. The van der Waals surface area contributed by atoms with Crippen molar-refractivity contribution in [2.24, 2.45) is 0 Å². The van der Waals surface area contributed by atoms with Crippen molar-refractivity contribution >= 4 is 29.1 Å². The van der Waals surface area contributed by atoms with Crippen LogP contribution in [0.3, 0.4) is 0 Å². The van der Waals surface area contributed by atoms with Crippen LogP contribution in [0.4, 0.5) is 17.3 Å². The van der Waals surface area contributed by atoms with E-state index in [1.165, 1.54) is 18.7 Å². The fraction of sp³-hybridized carbons (Fsp3) is 0.0588. The molecule has 27 heavy (non-hydrogen) atoms. The maximum atomic E-state index is 12.0. The molecule has 0 atom stereocenters. The number of furan rings is 1. The quantitative estimate of drug-likeness (QED) is 0.390. The molecule has 0 radical (unpaired) electrons. The molecular weight excluding hydrogens is 350 g/mol. The molecule has 138 valence electrons. The Morgan fingerprint density at radius 1 is 0.963 bits per heavy atom. The van der Waals surface area contributed by atoms with Crippen LogP contribution < -0.4 is 27.4 Å². The number of nitrogen functional groups attached to an aromatic ring is 1. The van der Waals surface area contributed by atoms with Crippen LogP contribution in [0.1, 0.15) is 16.1 Å². The van der Waals surface area contributed by atoms with Crippen molar-refractivity contribution in [2.75, 3.05) is 16.6 Å². The summed E-state index contributed by atoms with van der Waals surface area (Å²) >= 11 is 0. The van der Waals surface area contributed by atoms with E-state index in [0.29, 0.717) is 0 Å². The molecule has 0 bridgehead atoms. The Balaban J connectivity index is 1.56. The van der Waals surface area contributed by atoms with Crippen molar-refractivity contribution in [3.63, 3.8) is 0 Å². The summed E-state index contributed by atoms with van der Waals surface area (Å²) in [5.41, 5.74) is 17.1. The lowest BCUT2D eigenvalue weighted by Gasteiger charge is -2.13. The first kappa shape index (κ1) is 17.7. The van der Waals surface area contributed by atoms with E-state index >= 15 is 0 Å². The van der Waals surface area contributed by atoms with Gasteiger partial charge in [0.05, 0.1) is 12.7 Å². The highest BCUT2D eigenvalue weighted by Crippen LogP contribution is 2.20. The van der Waals surface area contributed by atoms with Gasteiger partial charge in [0.1, 0.15) is 12.0 Å². The van der Waals surface area contributed by atoms with E-state index in [9.17, 15) is 9.59 Å². The van der Waals surface area contributed by atoms with Crippen LogP contribution >= 0.6 is 0 Å². The SMILES string of the molecule is Nc1c(NNC(=O)Cc2ccccc2)ncnc1NNC(=O)c1ccco1. The average molecular weight is 367 g/mol. The van der Waals surface area contributed by atoms with Crippen molar-refractivity contribution in [3.05, 3.63) is 66.4 Å². The molecule has 0 aliphatic heterocycles. The molecule has 6 N–H and O–H groups in total. The van der Waals surface area contributed by atoms with Crippen LogP contribution in [0.15, 0.2) is 59.5 Å². The molecule has 0 spiro atoms. The van der Waals surface area contributed by atoms with Crippen LogP contribution in [-0.4, -0.2) is 21.8 Å². The van der Waals surface area contributed by atoms with Crippen molar-refractivity contribution in [3.8, 4) is 0 Å². The van der Waals surface area contributed by atoms with Crippen molar-refractivity contribution in [1.82, 2.24) is 20.8 Å². The van der Waals surface area contributed by atoms with Gasteiger partial charge in [-0.3, -0.25) is 31.3 Å². The van der Waals surface area contributed by atoms with Gasteiger partial charge in [0, 0.05) is 0 Å². The van der Waals surface area contributed by atoms with E-state index < -0.39 is 5.91 Å². The fourth-order valence-corrected chi connectivity index (χ4v) is 2.13. The number of nitrogens with one attached hydrogen (secondary N) is 4. The summed E-state index contributed by atoms with van der Waals surface area (Å²) in [6, 6.07) is 12.4. The molecule has 10 nitrogen and oxygen atoms in total. The summed E-state index contributed by atoms with van der Waals surface area (Å²) in [5.74, 6) is -0.295. The molecule has 0 saturated carbocycles. The summed E-state index contributed by atoms with van der Waals surface area (Å²) in [4.78, 5) is 31.7. The number of nitrogens with zero attached hydrogens (tertiary/aromatic N) is 2. The van der Waals surface area contributed by atoms with Crippen molar-refractivity contribution in [2.45, 2.75) is 6.42 Å². The Bertz CT molecular complexity index is 914. The van der Waals surface area contributed by atoms with Gasteiger partial charge in [-0.2, -0.15) is 0 Å². The number of hydrazine groups is 2. The molecular formula is C17H17N7O3. The van der Waals surface area contributed by atoms with Gasteiger partial charge in [-0.25, -0.2) is 9.97 Å². The number of aromatic nitrogens is 2. The molecule has 0 saturated heterocycles. The number of hydrogen-bond donors (Lipinski definition) is 5. The second-order valence-electron chi connectivity index (χ2n) is 5.38. The van der Waals surface area contributed by atoms with Gasteiger partial charge >= 0.3 is 5.91 Å². The Labute approximate surface area is 154 Å². The largest absolute Gasteiger partial charge is 0.459 e. The number of hydrogen-bond acceptors (Lipinski definition) is 8. The van der Waals surface area contributed by atoms with Gasteiger partial charge in [-0.05, 0) is 17.7 Å². The summed E-state index contributed by atoms with van der Waals surface area (Å²) in [6.07, 6.45) is 2.81. The monoisotopic (exact) mass is 367 g/mol. The van der Waals surface area contributed by atoms with Crippen LogP contribution in [0.25, 0.3) is 0 Å². The highest BCUT2D eigenvalue weighted by Gasteiger charge is 2.12. The highest BCUT2D eigenvalue weighted by molar-refractivity contribution is 5.92. The third-order valence-electron chi connectivity index (χ3n) is 3.45. The molecule has 3 aromatic rings. The molecule has 0 aliphatic carbocycles. The zero-order chi connectivity index (χ0) is 19.1.